The molecule has 2 rings (SSSR count). The number of hydrogen-bond donors (Lipinski definition) is 3. The van der Waals surface area contributed by atoms with Crippen LogP contribution in [0.5, 0.6) is 0 Å². The third-order valence-electron chi connectivity index (χ3n) is 3.00. The van der Waals surface area contributed by atoms with Gasteiger partial charge in [-0.05, 0) is 36.7 Å². The standard InChI is InChI=1S/C13H14ClN3O2/c1-16-11(12(15)18)6-8-4-7-5-9(14)2-3-10(7)17-13(8)19/h2-5,11,16H,6H2,1H3,(H2,15,18)(H,17,19). The van der Waals surface area contributed by atoms with Gasteiger partial charge < -0.3 is 16.0 Å². The topological polar surface area (TPSA) is 88.0 Å². The molecule has 4 N–H and O–H groups in total. The second-order valence-corrected chi connectivity index (χ2v) is 4.74. The van der Waals surface area contributed by atoms with Crippen LogP contribution in [0, 0.1) is 0 Å². The highest BCUT2D eigenvalue weighted by molar-refractivity contribution is 6.31. The van der Waals surface area contributed by atoms with Crippen molar-refractivity contribution in [3.05, 3.63) is 45.2 Å². The lowest BCUT2D eigenvalue weighted by atomic mass is 10.0. The minimum atomic E-state index is -0.572. The molecule has 0 bridgehead atoms. The molecule has 1 unspecified atom stereocenters. The number of primary amides is 1. The lowest BCUT2D eigenvalue weighted by molar-refractivity contribution is -0.119. The van der Waals surface area contributed by atoms with Crippen LogP contribution in [0.4, 0.5) is 0 Å². The van der Waals surface area contributed by atoms with Gasteiger partial charge in [-0.2, -0.15) is 0 Å². The van der Waals surface area contributed by atoms with Gasteiger partial charge in [-0.3, -0.25) is 9.59 Å². The maximum Gasteiger partial charge on any atom is 0.251 e. The molecule has 1 aromatic heterocycles. The molecule has 0 aliphatic carbocycles. The summed E-state index contributed by atoms with van der Waals surface area (Å²) in [7, 11) is 1.63. The van der Waals surface area contributed by atoms with E-state index in [9.17, 15) is 9.59 Å². The first-order valence-corrected chi connectivity index (χ1v) is 6.17. The van der Waals surface area contributed by atoms with Crippen molar-refractivity contribution in [2.24, 2.45) is 5.73 Å². The zero-order valence-electron chi connectivity index (χ0n) is 10.4. The SMILES string of the molecule is CNC(Cc1cc2cc(Cl)ccc2[nH]c1=O)C(N)=O. The Bertz CT molecular complexity index is 681. The zero-order valence-corrected chi connectivity index (χ0v) is 11.1. The fourth-order valence-electron chi connectivity index (χ4n) is 1.94. The molecule has 0 saturated carbocycles. The number of rotatable bonds is 4. The van der Waals surface area contributed by atoms with E-state index in [2.05, 4.69) is 10.3 Å². The smallest absolute Gasteiger partial charge is 0.251 e. The molecule has 5 nitrogen and oxygen atoms in total. The Kier molecular flexibility index (Phi) is 3.87. The number of fused-ring (bicyclic) bond motifs is 1. The molecule has 19 heavy (non-hydrogen) atoms. The Balaban J connectivity index is 2.46. The number of halogens is 1. The number of nitrogens with two attached hydrogens (primary N) is 1. The molecule has 1 amide bonds. The van der Waals surface area contributed by atoms with Gasteiger partial charge in [0.15, 0.2) is 0 Å². The lowest BCUT2D eigenvalue weighted by Gasteiger charge is -2.12. The van der Waals surface area contributed by atoms with E-state index in [1.807, 2.05) is 0 Å². The van der Waals surface area contributed by atoms with E-state index in [0.717, 1.165) is 5.39 Å². The number of hydrogen-bond acceptors (Lipinski definition) is 3. The maximum atomic E-state index is 11.9. The molecule has 0 fully saturated rings. The zero-order chi connectivity index (χ0) is 14.0. The maximum absolute atomic E-state index is 11.9. The molecular formula is C13H14ClN3O2. The van der Waals surface area contributed by atoms with Gasteiger partial charge in [0.2, 0.25) is 5.91 Å². The van der Waals surface area contributed by atoms with Gasteiger partial charge in [0.1, 0.15) is 0 Å². The highest BCUT2D eigenvalue weighted by Crippen LogP contribution is 2.17. The fraction of sp³-hybridized carbons (Fsp3) is 0.231. The van der Waals surface area contributed by atoms with Gasteiger partial charge in [-0.1, -0.05) is 11.6 Å². The number of carbonyl (C=O) groups excluding carboxylic acids is 1. The van der Waals surface area contributed by atoms with Crippen molar-refractivity contribution in [3.8, 4) is 0 Å². The average molecular weight is 280 g/mol. The van der Waals surface area contributed by atoms with Crippen LogP contribution in [-0.4, -0.2) is 24.0 Å². The number of pyridine rings is 1. The number of aromatic nitrogens is 1. The van der Waals surface area contributed by atoms with E-state index in [4.69, 9.17) is 17.3 Å². The molecule has 0 saturated heterocycles. The Morgan fingerprint density at radius 3 is 2.84 bits per heavy atom. The summed E-state index contributed by atoms with van der Waals surface area (Å²) in [5.74, 6) is -0.493. The Labute approximate surface area is 114 Å². The van der Waals surface area contributed by atoms with Crippen LogP contribution < -0.4 is 16.6 Å². The van der Waals surface area contributed by atoms with Gasteiger partial charge >= 0.3 is 0 Å². The largest absolute Gasteiger partial charge is 0.368 e. The van der Waals surface area contributed by atoms with Crippen LogP contribution in [0.25, 0.3) is 10.9 Å². The molecule has 0 aliphatic rings. The van der Waals surface area contributed by atoms with E-state index in [1.165, 1.54) is 0 Å². The molecule has 0 aliphatic heterocycles. The summed E-state index contributed by atoms with van der Waals surface area (Å²) in [4.78, 5) is 25.9. The first kappa shape index (κ1) is 13.6. The molecule has 0 radical (unpaired) electrons. The Hall–Kier alpha value is -1.85. The first-order valence-electron chi connectivity index (χ1n) is 5.79. The van der Waals surface area contributed by atoms with Crippen molar-refractivity contribution in [1.29, 1.82) is 0 Å². The number of carbonyl (C=O) groups is 1. The summed E-state index contributed by atoms with van der Waals surface area (Å²) in [6.45, 7) is 0. The molecular weight excluding hydrogens is 266 g/mol. The van der Waals surface area contributed by atoms with Gasteiger partial charge in [-0.25, -0.2) is 0 Å². The molecule has 2 aromatic rings. The normalized spacial score (nSPS) is 12.5. The summed E-state index contributed by atoms with van der Waals surface area (Å²) in [6.07, 6.45) is 0.240. The summed E-state index contributed by atoms with van der Waals surface area (Å²) in [6, 6.07) is 6.37. The molecule has 100 valence electrons. The van der Waals surface area contributed by atoms with Gasteiger partial charge in [0, 0.05) is 22.5 Å². The number of likely N-dealkylation sites (N-methyl/N-ethyl adjacent to an activating group) is 1. The van der Waals surface area contributed by atoms with Crippen LogP contribution in [0.15, 0.2) is 29.1 Å². The van der Waals surface area contributed by atoms with Crippen LogP contribution in [0.1, 0.15) is 5.56 Å². The van der Waals surface area contributed by atoms with Crippen molar-refractivity contribution in [3.63, 3.8) is 0 Å². The Morgan fingerprint density at radius 2 is 2.21 bits per heavy atom. The van der Waals surface area contributed by atoms with Gasteiger partial charge in [-0.15, -0.1) is 0 Å². The fourth-order valence-corrected chi connectivity index (χ4v) is 2.12. The molecule has 1 heterocycles. The minimum absolute atomic E-state index is 0.226. The molecule has 1 aromatic carbocycles. The van der Waals surface area contributed by atoms with Crippen molar-refractivity contribution in [2.45, 2.75) is 12.5 Å². The molecule has 6 heteroatoms. The van der Waals surface area contributed by atoms with E-state index in [0.29, 0.717) is 16.1 Å². The second-order valence-electron chi connectivity index (χ2n) is 4.30. The third-order valence-corrected chi connectivity index (χ3v) is 3.23. The first-order chi connectivity index (χ1) is 9.01. The molecule has 0 spiro atoms. The number of aromatic amines is 1. The van der Waals surface area contributed by atoms with Crippen LogP contribution in [0.3, 0.4) is 0 Å². The highest BCUT2D eigenvalue weighted by atomic mass is 35.5. The van der Waals surface area contributed by atoms with Crippen molar-refractivity contribution in [1.82, 2.24) is 10.3 Å². The molecule has 1 atom stereocenters. The predicted octanol–water partition coefficient (Wildman–Crippen LogP) is 0.797. The minimum Gasteiger partial charge on any atom is -0.368 e. The second kappa shape index (κ2) is 5.42. The van der Waals surface area contributed by atoms with Crippen LogP contribution >= 0.6 is 11.6 Å². The van der Waals surface area contributed by atoms with Gasteiger partial charge in [0.25, 0.3) is 5.56 Å². The van der Waals surface area contributed by atoms with E-state index >= 15 is 0 Å². The van der Waals surface area contributed by atoms with E-state index in [1.54, 1.807) is 31.3 Å². The van der Waals surface area contributed by atoms with Crippen molar-refractivity contribution in [2.75, 3.05) is 7.05 Å². The summed E-state index contributed by atoms with van der Waals surface area (Å²) < 4.78 is 0. The Morgan fingerprint density at radius 1 is 1.47 bits per heavy atom. The quantitative estimate of drug-likeness (QED) is 0.773. The van der Waals surface area contributed by atoms with Gasteiger partial charge in [0.05, 0.1) is 6.04 Å². The van der Waals surface area contributed by atoms with Crippen LogP contribution in [-0.2, 0) is 11.2 Å². The van der Waals surface area contributed by atoms with E-state index in [-0.39, 0.29) is 12.0 Å². The lowest BCUT2D eigenvalue weighted by Crippen LogP contribution is -2.41. The summed E-state index contributed by atoms with van der Waals surface area (Å²) in [5.41, 5.74) is 6.22. The summed E-state index contributed by atoms with van der Waals surface area (Å²) >= 11 is 5.92. The highest BCUT2D eigenvalue weighted by Gasteiger charge is 2.15. The van der Waals surface area contributed by atoms with Crippen LogP contribution in [0.2, 0.25) is 5.02 Å². The summed E-state index contributed by atoms with van der Waals surface area (Å²) in [5, 5.41) is 4.19. The number of amides is 1. The predicted molar refractivity (Wildman–Crippen MR) is 75.3 cm³/mol. The van der Waals surface area contributed by atoms with E-state index < -0.39 is 11.9 Å². The average Bonchev–Trinajstić information content (AvgIpc) is 2.36. The van der Waals surface area contributed by atoms with Crippen molar-refractivity contribution < 1.29 is 4.79 Å². The number of benzene rings is 1. The monoisotopic (exact) mass is 279 g/mol. The van der Waals surface area contributed by atoms with Crippen molar-refractivity contribution >= 4 is 28.4 Å². The number of H-pyrrole nitrogens is 1. The number of nitrogens with one attached hydrogen (secondary N) is 2. The third kappa shape index (κ3) is 2.94.